The molecule has 0 aliphatic carbocycles. The van der Waals surface area contributed by atoms with Gasteiger partial charge in [0.1, 0.15) is 12.3 Å². The van der Waals surface area contributed by atoms with Gasteiger partial charge in [-0.05, 0) is 5.56 Å². The number of hydrogen-bond acceptors (Lipinski definition) is 8. The van der Waals surface area contributed by atoms with E-state index in [2.05, 4.69) is 9.51 Å². The van der Waals surface area contributed by atoms with Crippen LogP contribution in [0.15, 0.2) is 46.1 Å². The summed E-state index contributed by atoms with van der Waals surface area (Å²) >= 11 is 0. The molecule has 1 fully saturated rings. The van der Waals surface area contributed by atoms with Crippen molar-refractivity contribution in [2.24, 2.45) is 0 Å². The van der Waals surface area contributed by atoms with Gasteiger partial charge in [-0.3, -0.25) is 14.3 Å². The van der Waals surface area contributed by atoms with Gasteiger partial charge in [-0.1, -0.05) is 30.3 Å². The molecule has 0 bridgehead atoms. The third-order valence-electron chi connectivity index (χ3n) is 3.96. The first-order valence-corrected chi connectivity index (χ1v) is 9.11. The number of ether oxygens (including phenoxy) is 1. The van der Waals surface area contributed by atoms with Crippen LogP contribution in [-0.4, -0.2) is 33.5 Å². The van der Waals surface area contributed by atoms with Crippen molar-refractivity contribution in [3.63, 3.8) is 0 Å². The second kappa shape index (κ2) is 7.28. The summed E-state index contributed by atoms with van der Waals surface area (Å²) < 4.78 is 21.2. The molecule has 3 unspecified atom stereocenters. The minimum absolute atomic E-state index is 0.0454. The van der Waals surface area contributed by atoms with Gasteiger partial charge in [-0.15, -0.1) is 0 Å². The highest BCUT2D eigenvalue weighted by molar-refractivity contribution is 7.43. The Morgan fingerprint density at radius 2 is 2.00 bits per heavy atom. The lowest BCUT2D eigenvalue weighted by molar-refractivity contribution is -0.343. The van der Waals surface area contributed by atoms with E-state index in [1.165, 1.54) is 6.20 Å². The number of nitrogens with zero attached hydrogens (tertiary/aromatic N) is 1. The third-order valence-corrected chi connectivity index (χ3v) is 4.43. The van der Waals surface area contributed by atoms with Crippen LogP contribution in [0.2, 0.25) is 0 Å². The molecule has 26 heavy (non-hydrogen) atoms. The molecule has 1 aliphatic heterocycles. The number of aliphatic hydroxyl groups is 1. The van der Waals surface area contributed by atoms with Crippen molar-refractivity contribution >= 4 is 7.82 Å². The quantitative estimate of drug-likeness (QED) is 0.604. The number of aromatic amines is 1. The summed E-state index contributed by atoms with van der Waals surface area (Å²) in [5.41, 5.74) is -0.507. The molecule has 2 aromatic rings. The van der Waals surface area contributed by atoms with Gasteiger partial charge in [0.15, 0.2) is 0 Å². The fourth-order valence-electron chi connectivity index (χ4n) is 2.72. The number of nitrogens with one attached hydrogen (secondary N) is 1. The number of H-pyrrole nitrogens is 1. The Morgan fingerprint density at radius 3 is 2.65 bits per heavy atom. The van der Waals surface area contributed by atoms with Gasteiger partial charge in [-0.2, -0.15) is 0 Å². The first-order chi connectivity index (χ1) is 12.2. The fourth-order valence-corrected chi connectivity index (χ4v) is 3.05. The lowest BCUT2D eigenvalue weighted by Gasteiger charge is -2.30. The lowest BCUT2D eigenvalue weighted by Crippen LogP contribution is -2.33. The zero-order chi connectivity index (χ0) is 18.9. The third kappa shape index (κ3) is 4.18. The summed E-state index contributed by atoms with van der Waals surface area (Å²) in [5, 5.41) is 9.96. The number of hydrogen-bond donors (Lipinski definition) is 2. The van der Waals surface area contributed by atoms with Crippen molar-refractivity contribution < 1.29 is 28.7 Å². The van der Waals surface area contributed by atoms with Crippen LogP contribution >= 0.6 is 7.82 Å². The van der Waals surface area contributed by atoms with Crippen LogP contribution in [0, 0.1) is 0 Å². The summed E-state index contributed by atoms with van der Waals surface area (Å²) in [5.74, 6) is 0. The Labute approximate surface area is 146 Å². The zero-order valence-electron chi connectivity index (χ0n) is 13.3. The van der Waals surface area contributed by atoms with Crippen molar-refractivity contribution in [1.82, 2.24) is 9.55 Å². The Kier molecular flexibility index (Phi) is 5.24. The molecule has 0 spiro atoms. The highest BCUT2D eigenvalue weighted by atomic mass is 31.2. The predicted molar refractivity (Wildman–Crippen MR) is 84.9 cm³/mol. The molecule has 3 rings (SSSR count). The second-order valence-corrected chi connectivity index (χ2v) is 6.90. The van der Waals surface area contributed by atoms with Crippen LogP contribution in [-0.2, 0) is 13.8 Å². The van der Waals surface area contributed by atoms with Crippen molar-refractivity contribution in [1.29, 1.82) is 0 Å². The average Bonchev–Trinajstić information content (AvgIpc) is 2.94. The number of phosphoric ester groups is 1. The monoisotopic (exact) mass is 382 g/mol. The van der Waals surface area contributed by atoms with Gasteiger partial charge < -0.3 is 28.7 Å². The Morgan fingerprint density at radius 1 is 1.31 bits per heavy atom. The van der Waals surface area contributed by atoms with Gasteiger partial charge in [0.05, 0.1) is 26.1 Å². The normalized spacial score (nSPS) is 23.3. The summed E-state index contributed by atoms with van der Waals surface area (Å²) in [6.45, 7) is -0.661. The highest BCUT2D eigenvalue weighted by Crippen LogP contribution is 2.32. The van der Waals surface area contributed by atoms with E-state index in [-0.39, 0.29) is 12.0 Å². The summed E-state index contributed by atoms with van der Waals surface area (Å²) in [7, 11) is -5.21. The first-order valence-electron chi connectivity index (χ1n) is 7.65. The maximum atomic E-state index is 12.1. The van der Waals surface area contributed by atoms with Crippen LogP contribution in [0.3, 0.4) is 0 Å². The average molecular weight is 382 g/mol. The number of rotatable bonds is 5. The Bertz CT molecular complexity index is 935. The van der Waals surface area contributed by atoms with Crippen LogP contribution in [0.25, 0.3) is 11.1 Å². The van der Waals surface area contributed by atoms with Gasteiger partial charge in [0, 0.05) is 12.6 Å². The van der Waals surface area contributed by atoms with Crippen molar-refractivity contribution in [3.8, 4) is 11.1 Å². The molecule has 140 valence electrons. The SMILES string of the molecule is O=c1[nH]c(=O)n(C2CC(O)C(COP(=O)([O-])[O-])O2)cc1-c1ccccc1. The minimum Gasteiger partial charge on any atom is -0.790 e. The molecule has 1 saturated heterocycles. The maximum Gasteiger partial charge on any atom is 0.330 e. The number of phosphoric acid groups is 1. The Balaban J connectivity index is 1.87. The summed E-state index contributed by atoms with van der Waals surface area (Å²) in [6, 6.07) is 8.63. The number of benzene rings is 1. The highest BCUT2D eigenvalue weighted by Gasteiger charge is 2.36. The molecule has 0 radical (unpaired) electrons. The first kappa shape index (κ1) is 18.7. The Hall–Kier alpha value is -2.07. The van der Waals surface area contributed by atoms with E-state index in [4.69, 9.17) is 4.74 Å². The zero-order valence-corrected chi connectivity index (χ0v) is 14.2. The van der Waals surface area contributed by atoms with E-state index in [0.29, 0.717) is 5.56 Å². The molecule has 0 saturated carbocycles. The summed E-state index contributed by atoms with van der Waals surface area (Å²) in [4.78, 5) is 47.5. The van der Waals surface area contributed by atoms with E-state index < -0.39 is 44.1 Å². The number of aliphatic hydroxyl groups excluding tert-OH is 1. The smallest absolute Gasteiger partial charge is 0.330 e. The molecule has 11 heteroatoms. The van der Waals surface area contributed by atoms with Crippen molar-refractivity contribution in [2.45, 2.75) is 24.9 Å². The standard InChI is InChI=1S/C15H17N2O8P/c18-11-6-13(25-12(11)8-24-26(21,22)23)17-7-10(14(19)16-15(17)20)9-4-2-1-3-5-9/h1-5,7,11-13,18H,6,8H2,(H,16,19,20)(H2,21,22,23)/p-2. The van der Waals surface area contributed by atoms with E-state index in [1.807, 2.05) is 0 Å². The summed E-state index contributed by atoms with van der Waals surface area (Å²) in [6.07, 6.45) is -1.94. The van der Waals surface area contributed by atoms with E-state index in [1.54, 1.807) is 30.3 Å². The van der Waals surface area contributed by atoms with Crippen LogP contribution in [0.4, 0.5) is 0 Å². The fraction of sp³-hybridized carbons (Fsp3) is 0.333. The van der Waals surface area contributed by atoms with Crippen LogP contribution in [0.1, 0.15) is 12.6 Å². The molecule has 1 aromatic heterocycles. The van der Waals surface area contributed by atoms with E-state index in [9.17, 15) is 29.0 Å². The molecular weight excluding hydrogens is 367 g/mol. The van der Waals surface area contributed by atoms with Gasteiger partial charge in [-0.25, -0.2) is 4.79 Å². The predicted octanol–water partition coefficient (Wildman–Crippen LogP) is -1.30. The maximum absolute atomic E-state index is 12.1. The van der Waals surface area contributed by atoms with E-state index in [0.717, 1.165) is 4.57 Å². The van der Waals surface area contributed by atoms with Gasteiger partial charge >= 0.3 is 5.69 Å². The molecule has 2 N–H and O–H groups in total. The van der Waals surface area contributed by atoms with Gasteiger partial charge in [0.2, 0.25) is 0 Å². The largest absolute Gasteiger partial charge is 0.790 e. The number of aromatic nitrogens is 2. The van der Waals surface area contributed by atoms with Gasteiger partial charge in [0.25, 0.3) is 5.56 Å². The molecule has 3 atom stereocenters. The van der Waals surface area contributed by atoms with Crippen LogP contribution in [0.5, 0.6) is 0 Å². The van der Waals surface area contributed by atoms with Crippen LogP contribution < -0.4 is 21.0 Å². The molecule has 1 aromatic carbocycles. The lowest BCUT2D eigenvalue weighted by atomic mass is 10.1. The second-order valence-electron chi connectivity index (χ2n) is 5.75. The molecule has 2 heterocycles. The minimum atomic E-state index is -5.21. The molecule has 0 amide bonds. The van der Waals surface area contributed by atoms with Crippen molar-refractivity contribution in [3.05, 3.63) is 57.4 Å². The topological polar surface area (TPSA) is 157 Å². The van der Waals surface area contributed by atoms with E-state index >= 15 is 0 Å². The van der Waals surface area contributed by atoms with Crippen molar-refractivity contribution in [2.75, 3.05) is 6.61 Å². The molecular formula is C15H15N2O8P-2. The molecule has 1 aliphatic rings. The molecule has 10 nitrogen and oxygen atoms in total.